The molecule has 1 atom stereocenters. The van der Waals surface area contributed by atoms with E-state index in [1.807, 2.05) is 12.1 Å². The van der Waals surface area contributed by atoms with E-state index in [9.17, 15) is 14.0 Å². The molecule has 1 amide bonds. The summed E-state index contributed by atoms with van der Waals surface area (Å²) in [5, 5.41) is 11.6. The Balaban J connectivity index is 2.06. The van der Waals surface area contributed by atoms with Crippen LogP contribution in [-0.2, 0) is 16.0 Å². The first kappa shape index (κ1) is 14.8. The zero-order valence-corrected chi connectivity index (χ0v) is 11.5. The number of carboxylic acids is 1. The molecule has 1 saturated carbocycles. The quantitative estimate of drug-likeness (QED) is 0.846. The Bertz CT molecular complexity index is 531. The van der Waals surface area contributed by atoms with Crippen molar-refractivity contribution in [3.8, 4) is 0 Å². The summed E-state index contributed by atoms with van der Waals surface area (Å²) < 4.78 is 12.6. The highest BCUT2D eigenvalue weighted by Crippen LogP contribution is 2.49. The SMILES string of the molecule is O=C(O)C(CF)NC(=O)C1(Cc2ccccc2Cl)CC1. The highest BCUT2D eigenvalue weighted by molar-refractivity contribution is 6.31. The number of alkyl halides is 1. The van der Waals surface area contributed by atoms with Crippen LogP contribution in [-0.4, -0.2) is 29.7 Å². The number of nitrogens with one attached hydrogen (secondary N) is 1. The van der Waals surface area contributed by atoms with Gasteiger partial charge in [0.25, 0.3) is 0 Å². The first-order valence-electron chi connectivity index (χ1n) is 6.32. The van der Waals surface area contributed by atoms with Gasteiger partial charge in [-0.2, -0.15) is 0 Å². The van der Waals surface area contributed by atoms with E-state index in [-0.39, 0.29) is 0 Å². The third-order valence-corrected chi connectivity index (χ3v) is 3.95. The monoisotopic (exact) mass is 299 g/mol. The molecule has 1 unspecified atom stereocenters. The van der Waals surface area contributed by atoms with E-state index in [2.05, 4.69) is 5.32 Å². The lowest BCUT2D eigenvalue weighted by Gasteiger charge is -2.18. The van der Waals surface area contributed by atoms with Gasteiger partial charge in [-0.05, 0) is 30.9 Å². The van der Waals surface area contributed by atoms with E-state index >= 15 is 0 Å². The fourth-order valence-electron chi connectivity index (χ4n) is 2.12. The fourth-order valence-corrected chi connectivity index (χ4v) is 2.32. The Morgan fingerprint density at radius 1 is 1.40 bits per heavy atom. The van der Waals surface area contributed by atoms with E-state index in [1.54, 1.807) is 12.1 Å². The van der Waals surface area contributed by atoms with Gasteiger partial charge in [-0.1, -0.05) is 29.8 Å². The van der Waals surface area contributed by atoms with E-state index in [0.717, 1.165) is 5.56 Å². The Hall–Kier alpha value is -1.62. The molecule has 2 N–H and O–H groups in total. The number of amides is 1. The molecule has 0 aromatic heterocycles. The summed E-state index contributed by atoms with van der Waals surface area (Å²) in [6, 6.07) is 5.73. The lowest BCUT2D eigenvalue weighted by molar-refractivity contribution is -0.143. The van der Waals surface area contributed by atoms with Gasteiger partial charge in [0.2, 0.25) is 5.91 Å². The number of carboxylic acid groups (broad SMARTS) is 1. The second-order valence-corrected chi connectivity index (χ2v) is 5.47. The maximum absolute atomic E-state index is 12.6. The van der Waals surface area contributed by atoms with Gasteiger partial charge < -0.3 is 10.4 Å². The minimum absolute atomic E-state index is 0.414. The molecule has 1 fully saturated rings. The largest absolute Gasteiger partial charge is 0.480 e. The van der Waals surface area contributed by atoms with Gasteiger partial charge in [-0.15, -0.1) is 0 Å². The molecule has 1 aliphatic rings. The van der Waals surface area contributed by atoms with Gasteiger partial charge in [0, 0.05) is 5.02 Å². The van der Waals surface area contributed by atoms with E-state index in [1.165, 1.54) is 0 Å². The van der Waals surface area contributed by atoms with Crippen molar-refractivity contribution in [1.29, 1.82) is 0 Å². The van der Waals surface area contributed by atoms with Crippen molar-refractivity contribution in [2.45, 2.75) is 25.3 Å². The lowest BCUT2D eigenvalue weighted by Crippen LogP contribution is -2.46. The summed E-state index contributed by atoms with van der Waals surface area (Å²) in [5.74, 6) is -1.78. The van der Waals surface area contributed by atoms with Crippen molar-refractivity contribution >= 4 is 23.5 Å². The van der Waals surface area contributed by atoms with Crippen molar-refractivity contribution in [2.24, 2.45) is 5.41 Å². The number of halogens is 2. The lowest BCUT2D eigenvalue weighted by atomic mass is 9.95. The number of carbonyl (C=O) groups excluding carboxylic acids is 1. The predicted octanol–water partition coefficient (Wildman–Crippen LogP) is 2.20. The molecule has 4 nitrogen and oxygen atoms in total. The van der Waals surface area contributed by atoms with Crippen LogP contribution in [0.25, 0.3) is 0 Å². The average Bonchev–Trinajstić information content (AvgIpc) is 3.19. The Labute approximate surface area is 120 Å². The molecule has 1 aromatic rings. The second kappa shape index (κ2) is 5.79. The van der Waals surface area contributed by atoms with Crippen LogP contribution in [0.1, 0.15) is 18.4 Å². The smallest absolute Gasteiger partial charge is 0.328 e. The zero-order chi connectivity index (χ0) is 14.8. The third kappa shape index (κ3) is 3.10. The van der Waals surface area contributed by atoms with Crippen LogP contribution >= 0.6 is 11.6 Å². The van der Waals surface area contributed by atoms with Gasteiger partial charge in [0.05, 0.1) is 5.41 Å². The Kier molecular flexibility index (Phi) is 4.28. The molecular formula is C14H15ClFNO3. The van der Waals surface area contributed by atoms with Crippen molar-refractivity contribution in [1.82, 2.24) is 5.32 Å². The third-order valence-electron chi connectivity index (χ3n) is 3.58. The summed E-state index contributed by atoms with van der Waals surface area (Å²) in [5.41, 5.74) is 0.197. The van der Waals surface area contributed by atoms with Gasteiger partial charge >= 0.3 is 5.97 Å². The number of aliphatic carboxylic acids is 1. The van der Waals surface area contributed by atoms with Crippen LogP contribution in [0.2, 0.25) is 5.02 Å². The van der Waals surface area contributed by atoms with Crippen molar-refractivity contribution < 1.29 is 19.1 Å². The number of carbonyl (C=O) groups is 2. The summed E-state index contributed by atoms with van der Waals surface area (Å²) in [6.07, 6.45) is 1.75. The molecule has 1 aromatic carbocycles. The Morgan fingerprint density at radius 3 is 2.55 bits per heavy atom. The molecule has 0 bridgehead atoms. The van der Waals surface area contributed by atoms with Crippen LogP contribution in [0, 0.1) is 5.41 Å². The second-order valence-electron chi connectivity index (χ2n) is 5.07. The molecule has 0 radical (unpaired) electrons. The fraction of sp³-hybridized carbons (Fsp3) is 0.429. The maximum Gasteiger partial charge on any atom is 0.328 e. The van der Waals surface area contributed by atoms with Crippen molar-refractivity contribution in [3.05, 3.63) is 34.9 Å². The maximum atomic E-state index is 12.6. The molecule has 0 spiro atoms. The molecule has 20 heavy (non-hydrogen) atoms. The van der Waals surface area contributed by atoms with Crippen LogP contribution < -0.4 is 5.32 Å². The summed E-state index contributed by atoms with van der Waals surface area (Å²) in [4.78, 5) is 22.9. The molecule has 0 heterocycles. The molecule has 6 heteroatoms. The first-order valence-corrected chi connectivity index (χ1v) is 6.69. The van der Waals surface area contributed by atoms with Crippen molar-refractivity contribution in [3.63, 3.8) is 0 Å². The van der Waals surface area contributed by atoms with Crippen LogP contribution in [0.4, 0.5) is 4.39 Å². The van der Waals surface area contributed by atoms with Gasteiger partial charge in [-0.25, -0.2) is 9.18 Å². The minimum Gasteiger partial charge on any atom is -0.480 e. The average molecular weight is 300 g/mol. The van der Waals surface area contributed by atoms with Crippen LogP contribution in [0.15, 0.2) is 24.3 Å². The predicted molar refractivity (Wildman–Crippen MR) is 72.4 cm³/mol. The standard InChI is InChI=1S/C14H15ClFNO3/c15-10-4-2-1-3-9(10)7-14(5-6-14)13(20)17-11(8-16)12(18)19/h1-4,11H,5-8H2,(H,17,20)(H,18,19). The van der Waals surface area contributed by atoms with Gasteiger partial charge in [-0.3, -0.25) is 4.79 Å². The topological polar surface area (TPSA) is 66.4 Å². The van der Waals surface area contributed by atoms with E-state index < -0.39 is 30.0 Å². The van der Waals surface area contributed by atoms with Crippen molar-refractivity contribution in [2.75, 3.05) is 6.67 Å². The molecule has 108 valence electrons. The number of hydrogen-bond acceptors (Lipinski definition) is 2. The van der Waals surface area contributed by atoms with E-state index in [0.29, 0.717) is 24.3 Å². The van der Waals surface area contributed by atoms with Crippen LogP contribution in [0.5, 0.6) is 0 Å². The normalized spacial score (nSPS) is 17.3. The van der Waals surface area contributed by atoms with E-state index in [4.69, 9.17) is 16.7 Å². The molecule has 0 saturated heterocycles. The summed E-state index contributed by atoms with van der Waals surface area (Å²) >= 11 is 6.06. The minimum atomic E-state index is -1.48. The summed E-state index contributed by atoms with van der Waals surface area (Å²) in [6.45, 7) is -1.12. The van der Waals surface area contributed by atoms with Gasteiger partial charge in [0.15, 0.2) is 6.04 Å². The molecule has 2 rings (SSSR count). The van der Waals surface area contributed by atoms with Crippen LogP contribution in [0.3, 0.4) is 0 Å². The zero-order valence-electron chi connectivity index (χ0n) is 10.7. The number of hydrogen-bond donors (Lipinski definition) is 2. The van der Waals surface area contributed by atoms with Gasteiger partial charge in [0.1, 0.15) is 6.67 Å². The number of benzene rings is 1. The molecular weight excluding hydrogens is 285 g/mol. The Morgan fingerprint density at radius 2 is 2.05 bits per heavy atom. The first-order chi connectivity index (χ1) is 9.48. The number of rotatable bonds is 6. The highest BCUT2D eigenvalue weighted by atomic mass is 35.5. The summed E-state index contributed by atoms with van der Waals surface area (Å²) in [7, 11) is 0. The molecule has 1 aliphatic carbocycles. The highest BCUT2D eigenvalue weighted by Gasteiger charge is 2.50. The molecule has 0 aliphatic heterocycles.